The average Bonchev–Trinajstić information content (AvgIpc) is 2.70. The molecule has 1 heterocycles. The van der Waals surface area contributed by atoms with Gasteiger partial charge >= 0.3 is 5.97 Å². The van der Waals surface area contributed by atoms with E-state index in [1.54, 1.807) is 0 Å². The van der Waals surface area contributed by atoms with Crippen LogP contribution in [-0.4, -0.2) is 35.6 Å². The molecule has 1 fully saturated rings. The summed E-state index contributed by atoms with van der Waals surface area (Å²) in [6.45, 7) is 1.46. The van der Waals surface area contributed by atoms with Crippen molar-refractivity contribution in [3.8, 4) is 0 Å². The van der Waals surface area contributed by atoms with Gasteiger partial charge in [0.25, 0.3) is 10.0 Å². The molecule has 0 aromatic heterocycles. The van der Waals surface area contributed by atoms with E-state index in [-0.39, 0.29) is 28.5 Å². The monoisotopic (exact) mass is 299 g/mol. The Morgan fingerprint density at radius 1 is 1.30 bits per heavy atom. The molecule has 2 rings (SSSR count). The molecule has 108 valence electrons. The lowest BCUT2D eigenvalue weighted by Crippen LogP contribution is -2.37. The largest absolute Gasteiger partial charge is 0.481 e. The van der Waals surface area contributed by atoms with Gasteiger partial charge in [0.2, 0.25) is 11.8 Å². The van der Waals surface area contributed by atoms with Gasteiger partial charge in [0, 0.05) is 12.8 Å². The molecule has 0 bridgehead atoms. The fourth-order valence-corrected chi connectivity index (χ4v) is 3.46. The Hall–Kier alpha value is -1.96. The van der Waals surface area contributed by atoms with Crippen molar-refractivity contribution in [2.24, 2.45) is 5.41 Å². The van der Waals surface area contributed by atoms with E-state index in [0.29, 0.717) is 0 Å². The highest BCUT2D eigenvalue weighted by molar-refractivity contribution is 7.94. The van der Waals surface area contributed by atoms with E-state index in [1.807, 2.05) is 0 Å². The molecule has 2 amide bonds. The fourth-order valence-electron chi connectivity index (χ4n) is 1.99. The molecule has 1 unspecified atom stereocenters. The Morgan fingerprint density at radius 3 is 2.25 bits per heavy atom. The van der Waals surface area contributed by atoms with Crippen LogP contribution in [0, 0.1) is 5.41 Å². The summed E-state index contributed by atoms with van der Waals surface area (Å²) in [6.07, 6.45) is 3.34. The van der Waals surface area contributed by atoms with Gasteiger partial charge in [0.05, 0.1) is 10.3 Å². The maximum absolute atomic E-state index is 12.2. The van der Waals surface area contributed by atoms with Crippen molar-refractivity contribution in [3.63, 3.8) is 0 Å². The Bertz CT molecular complexity index is 643. The lowest BCUT2D eigenvalue weighted by atomic mass is 9.84. The first kappa shape index (κ1) is 14.4. The van der Waals surface area contributed by atoms with Crippen molar-refractivity contribution >= 4 is 27.8 Å². The number of nitrogens with zero attached hydrogens (tertiary/aromatic N) is 1. The van der Waals surface area contributed by atoms with Crippen LogP contribution in [-0.2, 0) is 24.4 Å². The second kappa shape index (κ2) is 4.55. The molecule has 7 nitrogen and oxygen atoms in total. The van der Waals surface area contributed by atoms with Gasteiger partial charge in [-0.1, -0.05) is 12.2 Å². The first-order valence-corrected chi connectivity index (χ1v) is 7.36. The van der Waals surface area contributed by atoms with Crippen LogP contribution in [0.5, 0.6) is 0 Å². The van der Waals surface area contributed by atoms with Crippen LogP contribution in [0.3, 0.4) is 0 Å². The summed E-state index contributed by atoms with van der Waals surface area (Å²) in [5, 5.41) is 9.03. The lowest BCUT2D eigenvalue weighted by Gasteiger charge is -2.24. The summed E-state index contributed by atoms with van der Waals surface area (Å²) in [5.41, 5.74) is -1.18. The van der Waals surface area contributed by atoms with Crippen molar-refractivity contribution in [2.75, 3.05) is 0 Å². The van der Waals surface area contributed by atoms with Crippen LogP contribution in [0.15, 0.2) is 23.1 Å². The number of carboxylic acid groups (broad SMARTS) is 1. The van der Waals surface area contributed by atoms with E-state index in [9.17, 15) is 22.8 Å². The Labute approximate surface area is 115 Å². The summed E-state index contributed by atoms with van der Waals surface area (Å²) < 4.78 is 24.7. The van der Waals surface area contributed by atoms with Crippen molar-refractivity contribution in [1.29, 1.82) is 0 Å². The number of amides is 2. The van der Waals surface area contributed by atoms with E-state index in [2.05, 4.69) is 0 Å². The molecule has 0 radical (unpaired) electrons. The molecule has 0 aromatic rings. The minimum Gasteiger partial charge on any atom is -0.481 e. The smallest absolute Gasteiger partial charge is 0.313 e. The third-order valence-electron chi connectivity index (χ3n) is 3.38. The van der Waals surface area contributed by atoms with E-state index in [1.165, 1.54) is 19.1 Å². The van der Waals surface area contributed by atoms with Gasteiger partial charge in [0.1, 0.15) is 0 Å². The molecule has 8 heteroatoms. The molecule has 0 spiro atoms. The summed E-state index contributed by atoms with van der Waals surface area (Å²) >= 11 is 0. The number of allylic oxidation sites excluding steroid dienone is 2. The average molecular weight is 299 g/mol. The standard InChI is InChI=1S/C12H13NO6S/c1-12(11(16)17)6-4-8(5-7-12)20(18,19)13-9(14)2-3-10(13)15/h4-6H,2-3,7H2,1H3,(H,16,17). The van der Waals surface area contributed by atoms with E-state index >= 15 is 0 Å². The van der Waals surface area contributed by atoms with Crippen molar-refractivity contribution in [2.45, 2.75) is 26.2 Å². The molecule has 1 N–H and O–H groups in total. The van der Waals surface area contributed by atoms with Gasteiger partial charge in [-0.3, -0.25) is 14.4 Å². The van der Waals surface area contributed by atoms with E-state index in [4.69, 9.17) is 5.11 Å². The number of aliphatic carboxylic acids is 1. The maximum Gasteiger partial charge on any atom is 0.313 e. The molecular weight excluding hydrogens is 286 g/mol. The quantitative estimate of drug-likeness (QED) is 0.755. The van der Waals surface area contributed by atoms with Crippen LogP contribution in [0.2, 0.25) is 0 Å². The number of sulfonamides is 1. The van der Waals surface area contributed by atoms with Gasteiger partial charge in [0.15, 0.2) is 0 Å². The number of carbonyl (C=O) groups excluding carboxylic acids is 2. The summed E-state index contributed by atoms with van der Waals surface area (Å²) in [5.74, 6) is -2.58. The van der Waals surface area contributed by atoms with Gasteiger partial charge in [-0.2, -0.15) is 4.31 Å². The first-order valence-electron chi connectivity index (χ1n) is 5.92. The summed E-state index contributed by atoms with van der Waals surface area (Å²) in [7, 11) is -4.22. The minimum absolute atomic E-state index is 0.0242. The number of imide groups is 1. The zero-order chi connectivity index (χ0) is 15.1. The summed E-state index contributed by atoms with van der Waals surface area (Å²) in [4.78, 5) is 33.8. The van der Waals surface area contributed by atoms with Crippen molar-refractivity contribution < 1.29 is 27.9 Å². The second-order valence-corrected chi connectivity index (χ2v) is 6.71. The zero-order valence-corrected chi connectivity index (χ0v) is 11.5. The maximum atomic E-state index is 12.2. The third kappa shape index (κ3) is 2.15. The summed E-state index contributed by atoms with van der Waals surface area (Å²) in [6, 6.07) is 0. The van der Waals surface area contributed by atoms with Crippen LogP contribution < -0.4 is 0 Å². The second-order valence-electron chi connectivity index (χ2n) is 4.92. The van der Waals surface area contributed by atoms with Gasteiger partial charge in [-0.15, -0.1) is 0 Å². The van der Waals surface area contributed by atoms with Crippen molar-refractivity contribution in [3.05, 3.63) is 23.1 Å². The highest BCUT2D eigenvalue weighted by Gasteiger charge is 2.42. The third-order valence-corrected chi connectivity index (χ3v) is 5.16. The molecule has 0 aromatic carbocycles. The Morgan fingerprint density at radius 2 is 1.85 bits per heavy atom. The zero-order valence-electron chi connectivity index (χ0n) is 10.7. The molecule has 1 aliphatic carbocycles. The predicted molar refractivity (Wildman–Crippen MR) is 67.6 cm³/mol. The molecule has 20 heavy (non-hydrogen) atoms. The Balaban J connectivity index is 2.32. The Kier molecular flexibility index (Phi) is 3.29. The van der Waals surface area contributed by atoms with Crippen LogP contribution in [0.4, 0.5) is 0 Å². The SMILES string of the molecule is CC1(C(=O)O)C=CC(S(=O)(=O)N2C(=O)CCC2=O)=CC1. The van der Waals surface area contributed by atoms with E-state index in [0.717, 1.165) is 6.08 Å². The minimum atomic E-state index is -4.22. The van der Waals surface area contributed by atoms with Crippen molar-refractivity contribution in [1.82, 2.24) is 4.31 Å². The number of rotatable bonds is 3. The lowest BCUT2D eigenvalue weighted by molar-refractivity contribution is -0.145. The van der Waals surface area contributed by atoms with Crippen LogP contribution in [0.1, 0.15) is 26.2 Å². The number of carboxylic acids is 1. The number of hydrogen-bond acceptors (Lipinski definition) is 5. The molecule has 2 aliphatic rings. The predicted octanol–water partition coefficient (Wildman–Crippen LogP) is 0.400. The van der Waals surface area contributed by atoms with Gasteiger partial charge in [-0.25, -0.2) is 8.42 Å². The number of hydrogen-bond donors (Lipinski definition) is 1. The molecule has 1 aliphatic heterocycles. The molecular formula is C12H13NO6S. The topological polar surface area (TPSA) is 109 Å². The molecule has 0 saturated carbocycles. The number of carbonyl (C=O) groups is 3. The molecule has 1 atom stereocenters. The van der Waals surface area contributed by atoms with E-state index < -0.39 is 33.2 Å². The first-order chi connectivity index (χ1) is 9.18. The fraction of sp³-hybridized carbons (Fsp3) is 0.417. The van der Waals surface area contributed by atoms with Crippen LogP contribution >= 0.6 is 0 Å². The van der Waals surface area contributed by atoms with Gasteiger partial charge in [-0.05, 0) is 19.4 Å². The highest BCUT2D eigenvalue weighted by Crippen LogP contribution is 2.33. The normalized spacial score (nSPS) is 26.9. The highest BCUT2D eigenvalue weighted by atomic mass is 32.2. The van der Waals surface area contributed by atoms with Crippen LogP contribution in [0.25, 0.3) is 0 Å². The molecule has 1 saturated heterocycles. The van der Waals surface area contributed by atoms with Gasteiger partial charge < -0.3 is 5.11 Å².